The maximum atomic E-state index is 12.5. The molecule has 3 aromatic carbocycles. The summed E-state index contributed by atoms with van der Waals surface area (Å²) in [6, 6.07) is 22.6. The molecular weight excluding hydrogens is 545 g/mol. The molecule has 0 aromatic heterocycles. The highest BCUT2D eigenvalue weighted by Gasteiger charge is 2.34. The monoisotopic (exact) mass is 569 g/mol. The van der Waals surface area contributed by atoms with Gasteiger partial charge >= 0.3 is 0 Å². The van der Waals surface area contributed by atoms with Crippen LogP contribution in [0.25, 0.3) is 0 Å². The third-order valence-electron chi connectivity index (χ3n) is 5.27. The first-order valence-corrected chi connectivity index (χ1v) is 11.8. The molecule has 0 bridgehead atoms. The van der Waals surface area contributed by atoms with Crippen molar-refractivity contribution in [3.05, 3.63) is 87.5 Å². The number of halogens is 1. The molecule has 0 unspecified atom stereocenters. The highest BCUT2D eigenvalue weighted by atomic mass is 127. The number of amides is 2. The van der Waals surface area contributed by atoms with Crippen LogP contribution in [0.15, 0.2) is 77.9 Å². The number of aryl methyl sites for hydroxylation is 1. The number of nitrogens with zero attached hydrogens (tertiary/aromatic N) is 3. The van der Waals surface area contributed by atoms with Gasteiger partial charge in [-0.1, -0.05) is 24.3 Å². The van der Waals surface area contributed by atoms with Crippen LogP contribution in [-0.4, -0.2) is 35.5 Å². The Kier molecular flexibility index (Phi) is 7.16. The van der Waals surface area contributed by atoms with Crippen molar-refractivity contribution in [3.8, 4) is 11.5 Å². The van der Waals surface area contributed by atoms with Crippen molar-refractivity contribution in [2.24, 2.45) is 5.10 Å². The van der Waals surface area contributed by atoms with Gasteiger partial charge in [0.2, 0.25) is 23.9 Å². The van der Waals surface area contributed by atoms with Gasteiger partial charge in [0.1, 0.15) is 11.5 Å². The van der Waals surface area contributed by atoms with Gasteiger partial charge in [-0.15, -0.1) is 5.10 Å². The average molecular weight is 569 g/mol. The Morgan fingerprint density at radius 3 is 2.44 bits per heavy atom. The second-order valence-electron chi connectivity index (χ2n) is 7.84. The molecule has 1 atom stereocenters. The number of para-hydroxylation sites is 1. The summed E-state index contributed by atoms with van der Waals surface area (Å²) >= 11 is 2.23. The number of carbonyl (C=O) groups excluding carboxylic acids is 2. The van der Waals surface area contributed by atoms with Gasteiger partial charge < -0.3 is 14.4 Å². The minimum atomic E-state index is -0.756. The summed E-state index contributed by atoms with van der Waals surface area (Å²) in [5, 5.41) is 5.69. The van der Waals surface area contributed by atoms with E-state index in [1.165, 1.54) is 18.9 Å². The van der Waals surface area contributed by atoms with Gasteiger partial charge in [0.15, 0.2) is 0 Å². The van der Waals surface area contributed by atoms with Crippen molar-refractivity contribution in [1.82, 2.24) is 5.01 Å². The summed E-state index contributed by atoms with van der Waals surface area (Å²) in [7, 11) is 0. The van der Waals surface area contributed by atoms with Crippen LogP contribution in [0.5, 0.6) is 11.5 Å². The zero-order valence-corrected chi connectivity index (χ0v) is 21.2. The maximum absolute atomic E-state index is 12.5. The number of rotatable bonds is 6. The molecule has 3 aromatic rings. The van der Waals surface area contributed by atoms with E-state index < -0.39 is 6.23 Å². The zero-order valence-electron chi connectivity index (χ0n) is 19.1. The molecule has 0 fully saturated rings. The number of hydrazone groups is 1. The molecule has 0 N–H and O–H groups in total. The van der Waals surface area contributed by atoms with Crippen LogP contribution in [0.1, 0.15) is 25.0 Å². The van der Waals surface area contributed by atoms with Crippen LogP contribution >= 0.6 is 22.6 Å². The minimum Gasteiger partial charge on any atom is -0.457 e. The molecule has 1 heterocycles. The van der Waals surface area contributed by atoms with Gasteiger partial charge in [-0.2, -0.15) is 5.01 Å². The molecule has 0 saturated carbocycles. The molecule has 7 nitrogen and oxygen atoms in total. The first-order valence-electron chi connectivity index (χ1n) is 10.7. The fraction of sp³-hybridized carbons (Fsp3) is 0.192. The topological polar surface area (TPSA) is 71.4 Å². The van der Waals surface area contributed by atoms with E-state index in [2.05, 4.69) is 27.7 Å². The third-order valence-corrected chi connectivity index (χ3v) is 5.94. The number of carbonyl (C=O) groups is 2. The summed E-state index contributed by atoms with van der Waals surface area (Å²) in [6.07, 6.45) is -0.756. The molecule has 8 heteroatoms. The highest BCUT2D eigenvalue weighted by Crippen LogP contribution is 2.27. The zero-order chi connectivity index (χ0) is 24.2. The Bertz CT molecular complexity index is 1250. The summed E-state index contributed by atoms with van der Waals surface area (Å²) in [5.74, 6) is 1.19. The molecule has 1 aliphatic heterocycles. The van der Waals surface area contributed by atoms with E-state index in [-0.39, 0.29) is 18.4 Å². The lowest BCUT2D eigenvalue weighted by Crippen LogP contribution is -2.44. The molecular formula is C26H24IN3O4. The predicted octanol–water partition coefficient (Wildman–Crippen LogP) is 5.31. The van der Waals surface area contributed by atoms with Crippen LogP contribution in [0.4, 0.5) is 5.69 Å². The van der Waals surface area contributed by atoms with Crippen molar-refractivity contribution in [2.45, 2.75) is 27.0 Å². The van der Waals surface area contributed by atoms with Crippen molar-refractivity contribution in [3.63, 3.8) is 0 Å². The number of hydrogen-bond acceptors (Lipinski definition) is 5. The number of benzene rings is 3. The largest absolute Gasteiger partial charge is 0.457 e. The lowest BCUT2D eigenvalue weighted by Gasteiger charge is -2.28. The van der Waals surface area contributed by atoms with E-state index in [0.29, 0.717) is 23.0 Å². The average Bonchev–Trinajstić information content (AvgIpc) is 3.23. The van der Waals surface area contributed by atoms with Crippen LogP contribution < -0.4 is 9.64 Å². The summed E-state index contributed by atoms with van der Waals surface area (Å²) < 4.78 is 13.1. The van der Waals surface area contributed by atoms with Gasteiger partial charge in [0, 0.05) is 28.7 Å². The second-order valence-corrected chi connectivity index (χ2v) is 9.09. The van der Waals surface area contributed by atoms with Gasteiger partial charge in [-0.05, 0) is 83.6 Å². The highest BCUT2D eigenvalue weighted by molar-refractivity contribution is 14.1. The molecule has 174 valence electrons. The third kappa shape index (κ3) is 5.39. The number of ether oxygens (including phenoxy) is 2. The summed E-state index contributed by atoms with van der Waals surface area (Å²) in [5.41, 5.74) is 2.40. The lowest BCUT2D eigenvalue weighted by atomic mass is 10.1. The van der Waals surface area contributed by atoms with Gasteiger partial charge in [0.25, 0.3) is 0 Å². The Morgan fingerprint density at radius 2 is 1.76 bits per heavy atom. The molecule has 0 radical (unpaired) electrons. The first kappa shape index (κ1) is 23.7. The molecule has 34 heavy (non-hydrogen) atoms. The Morgan fingerprint density at radius 1 is 1.03 bits per heavy atom. The number of anilines is 1. The van der Waals surface area contributed by atoms with Crippen LogP contribution in [0, 0.1) is 10.5 Å². The quantitative estimate of drug-likeness (QED) is 0.378. The summed E-state index contributed by atoms with van der Waals surface area (Å²) in [4.78, 5) is 26.5. The van der Waals surface area contributed by atoms with E-state index >= 15 is 0 Å². The van der Waals surface area contributed by atoms with E-state index in [1.807, 2.05) is 73.7 Å². The van der Waals surface area contributed by atoms with Gasteiger partial charge in [-0.3, -0.25) is 9.59 Å². The van der Waals surface area contributed by atoms with Gasteiger partial charge in [-0.25, -0.2) is 0 Å². The maximum Gasteiger partial charge on any atom is 0.243 e. The van der Waals surface area contributed by atoms with E-state index in [9.17, 15) is 9.59 Å². The Labute approximate surface area is 212 Å². The minimum absolute atomic E-state index is 0.142. The number of hydrogen-bond donors (Lipinski definition) is 0. The molecule has 1 aliphatic rings. The van der Waals surface area contributed by atoms with Crippen molar-refractivity contribution >= 4 is 46.0 Å². The van der Waals surface area contributed by atoms with Crippen LogP contribution in [0.2, 0.25) is 0 Å². The normalized spacial score (nSPS) is 14.9. The SMILES string of the molecule is CC(=O)N(C[C@H]1OC(c2cccc(Oc3ccccc3)c2)=NN1C(C)=O)c1ccc(I)cc1C. The first-order chi connectivity index (χ1) is 16.3. The molecule has 0 saturated heterocycles. The van der Waals surface area contributed by atoms with Crippen molar-refractivity contribution < 1.29 is 19.1 Å². The Balaban J connectivity index is 1.57. The van der Waals surface area contributed by atoms with Crippen LogP contribution in [0.3, 0.4) is 0 Å². The van der Waals surface area contributed by atoms with Crippen molar-refractivity contribution in [2.75, 3.05) is 11.4 Å². The Hall–Kier alpha value is -3.40. The predicted molar refractivity (Wildman–Crippen MR) is 139 cm³/mol. The fourth-order valence-electron chi connectivity index (χ4n) is 3.67. The molecule has 2 amide bonds. The summed E-state index contributed by atoms with van der Waals surface area (Å²) in [6.45, 7) is 5.01. The van der Waals surface area contributed by atoms with Crippen molar-refractivity contribution in [1.29, 1.82) is 0 Å². The smallest absolute Gasteiger partial charge is 0.243 e. The van der Waals surface area contributed by atoms with E-state index in [4.69, 9.17) is 9.47 Å². The molecule has 0 spiro atoms. The fourth-order valence-corrected chi connectivity index (χ4v) is 4.32. The molecule has 0 aliphatic carbocycles. The van der Waals surface area contributed by atoms with E-state index in [1.54, 1.807) is 11.0 Å². The van der Waals surface area contributed by atoms with Gasteiger partial charge in [0.05, 0.1) is 6.54 Å². The standard InChI is InChI=1S/C26H24IN3O4/c1-17-14-21(27)12-13-24(17)29(18(2)31)16-25-30(19(3)32)28-26(34-25)20-8-7-11-23(15-20)33-22-9-5-4-6-10-22/h4-15,25H,16H2,1-3H3/t25-/m1/s1. The van der Waals surface area contributed by atoms with E-state index in [0.717, 1.165) is 14.8 Å². The lowest BCUT2D eigenvalue weighted by molar-refractivity contribution is -0.135. The van der Waals surface area contributed by atoms with Crippen LogP contribution in [-0.2, 0) is 14.3 Å². The second kappa shape index (κ2) is 10.3. The molecule has 4 rings (SSSR count).